The predicted molar refractivity (Wildman–Crippen MR) is 140 cm³/mol. The van der Waals surface area contributed by atoms with Crippen molar-refractivity contribution < 1.29 is 14.3 Å². The van der Waals surface area contributed by atoms with Crippen LogP contribution in [0.2, 0.25) is 0 Å². The molecular formula is C29H32N4O3. The van der Waals surface area contributed by atoms with Crippen LogP contribution < -0.4 is 14.5 Å². The van der Waals surface area contributed by atoms with Crippen molar-refractivity contribution in [3.63, 3.8) is 0 Å². The Balaban J connectivity index is 1.43. The highest BCUT2D eigenvalue weighted by molar-refractivity contribution is 5.97. The second kappa shape index (κ2) is 10.4. The summed E-state index contributed by atoms with van der Waals surface area (Å²) in [6.45, 7) is 4.89. The zero-order valence-electron chi connectivity index (χ0n) is 20.8. The van der Waals surface area contributed by atoms with E-state index < -0.39 is 0 Å². The molecule has 2 saturated heterocycles. The fourth-order valence-corrected chi connectivity index (χ4v) is 5.32. The average Bonchev–Trinajstić information content (AvgIpc) is 2.94. The SMILES string of the molecule is COc1ccc(C2C(C(=O)N3CCN(c4ccncc4)CC3)CCC(=O)N2c2ccc(C)cc2)cc1. The summed E-state index contributed by atoms with van der Waals surface area (Å²) in [5, 5.41) is 0. The lowest BCUT2D eigenvalue weighted by molar-refractivity contribution is -0.138. The number of carbonyl (C=O) groups is 2. The maximum Gasteiger partial charge on any atom is 0.228 e. The van der Waals surface area contributed by atoms with Gasteiger partial charge in [-0.2, -0.15) is 0 Å². The molecule has 186 valence electrons. The fraction of sp³-hybridized carbons (Fsp3) is 0.345. The van der Waals surface area contributed by atoms with E-state index in [1.165, 1.54) is 0 Å². The van der Waals surface area contributed by atoms with Gasteiger partial charge in [0.1, 0.15) is 5.75 Å². The zero-order valence-corrected chi connectivity index (χ0v) is 20.8. The minimum absolute atomic E-state index is 0.0474. The first-order valence-electron chi connectivity index (χ1n) is 12.5. The van der Waals surface area contributed by atoms with Crippen LogP contribution in [0.5, 0.6) is 5.75 Å². The molecule has 0 spiro atoms. The third-order valence-electron chi connectivity index (χ3n) is 7.30. The molecule has 3 heterocycles. The number of piperazine rings is 1. The van der Waals surface area contributed by atoms with E-state index in [0.717, 1.165) is 41.3 Å². The molecule has 2 aliphatic heterocycles. The Bertz CT molecular complexity index is 1190. The van der Waals surface area contributed by atoms with Gasteiger partial charge >= 0.3 is 0 Å². The van der Waals surface area contributed by atoms with Crippen molar-refractivity contribution in [2.75, 3.05) is 43.1 Å². The van der Waals surface area contributed by atoms with E-state index >= 15 is 0 Å². The Kier molecular flexibility index (Phi) is 6.89. The first kappa shape index (κ1) is 23.9. The van der Waals surface area contributed by atoms with Crippen LogP contribution in [0.1, 0.15) is 30.0 Å². The molecule has 3 aromatic rings. The number of rotatable bonds is 5. The Labute approximate surface area is 212 Å². The van der Waals surface area contributed by atoms with Gasteiger partial charge in [0.25, 0.3) is 0 Å². The molecule has 2 atom stereocenters. The molecule has 7 heteroatoms. The summed E-state index contributed by atoms with van der Waals surface area (Å²) in [6.07, 6.45) is 4.49. The van der Waals surface area contributed by atoms with E-state index in [1.807, 2.05) is 77.4 Å². The Morgan fingerprint density at radius 2 is 1.56 bits per heavy atom. The van der Waals surface area contributed by atoms with Crippen LogP contribution in [-0.2, 0) is 9.59 Å². The lowest BCUT2D eigenvalue weighted by Crippen LogP contribution is -2.54. The maximum atomic E-state index is 14.0. The molecule has 2 aliphatic rings. The van der Waals surface area contributed by atoms with Crippen molar-refractivity contribution in [2.45, 2.75) is 25.8 Å². The van der Waals surface area contributed by atoms with Crippen LogP contribution in [-0.4, -0.2) is 55.0 Å². The summed E-state index contributed by atoms with van der Waals surface area (Å²) < 4.78 is 5.35. The molecule has 0 aliphatic carbocycles. The summed E-state index contributed by atoms with van der Waals surface area (Å²) in [5.41, 5.74) is 4.02. The van der Waals surface area contributed by atoms with Gasteiger partial charge < -0.3 is 19.4 Å². The van der Waals surface area contributed by atoms with Gasteiger partial charge in [-0.1, -0.05) is 29.8 Å². The van der Waals surface area contributed by atoms with Crippen LogP contribution >= 0.6 is 0 Å². The number of methoxy groups -OCH3 is 1. The van der Waals surface area contributed by atoms with Gasteiger partial charge in [0.05, 0.1) is 19.1 Å². The largest absolute Gasteiger partial charge is 0.497 e. The molecule has 2 fully saturated rings. The molecule has 2 amide bonds. The summed E-state index contributed by atoms with van der Waals surface area (Å²) in [5.74, 6) is 0.601. The van der Waals surface area contributed by atoms with Gasteiger partial charge in [0.15, 0.2) is 0 Å². The summed E-state index contributed by atoms with van der Waals surface area (Å²) in [7, 11) is 1.63. The number of piperidine rings is 1. The number of pyridine rings is 1. The van der Waals surface area contributed by atoms with E-state index in [9.17, 15) is 9.59 Å². The van der Waals surface area contributed by atoms with Gasteiger partial charge in [0.2, 0.25) is 11.8 Å². The molecule has 2 aromatic carbocycles. The Morgan fingerprint density at radius 3 is 2.19 bits per heavy atom. The van der Waals surface area contributed by atoms with Crippen molar-refractivity contribution in [3.8, 4) is 5.75 Å². The highest BCUT2D eigenvalue weighted by atomic mass is 16.5. The quantitative estimate of drug-likeness (QED) is 0.542. The number of hydrogen-bond donors (Lipinski definition) is 0. The van der Waals surface area contributed by atoms with E-state index in [4.69, 9.17) is 4.74 Å². The number of aromatic nitrogens is 1. The van der Waals surface area contributed by atoms with Crippen LogP contribution in [0.25, 0.3) is 0 Å². The smallest absolute Gasteiger partial charge is 0.228 e. The third-order valence-corrected chi connectivity index (χ3v) is 7.30. The number of hydrogen-bond acceptors (Lipinski definition) is 5. The molecule has 0 N–H and O–H groups in total. The molecule has 0 bridgehead atoms. The van der Waals surface area contributed by atoms with Gasteiger partial charge in [-0.15, -0.1) is 0 Å². The third kappa shape index (κ3) is 4.78. The number of ether oxygens (including phenoxy) is 1. The molecule has 0 saturated carbocycles. The predicted octanol–water partition coefficient (Wildman–Crippen LogP) is 4.23. The molecular weight excluding hydrogens is 452 g/mol. The summed E-state index contributed by atoms with van der Waals surface area (Å²) in [6, 6.07) is 19.4. The number of nitrogens with zero attached hydrogens (tertiary/aromatic N) is 4. The second-order valence-corrected chi connectivity index (χ2v) is 9.48. The molecule has 36 heavy (non-hydrogen) atoms. The van der Waals surface area contributed by atoms with E-state index in [-0.39, 0.29) is 23.8 Å². The Morgan fingerprint density at radius 1 is 0.889 bits per heavy atom. The van der Waals surface area contributed by atoms with Crippen molar-refractivity contribution in [1.29, 1.82) is 0 Å². The van der Waals surface area contributed by atoms with Gasteiger partial charge in [-0.05, 0) is 55.3 Å². The minimum atomic E-state index is -0.370. The van der Waals surface area contributed by atoms with Crippen molar-refractivity contribution >= 4 is 23.2 Å². The standard InChI is InChI=1S/C29H32N4O3/c1-21-3-7-24(8-4-21)33-27(34)12-11-26(28(33)22-5-9-25(36-2)10-6-22)29(35)32-19-17-31(18-20-32)23-13-15-30-16-14-23/h3-10,13-16,26,28H,11-12,17-20H2,1-2H3. The van der Waals surface area contributed by atoms with Gasteiger partial charge in [-0.3, -0.25) is 14.6 Å². The van der Waals surface area contributed by atoms with Crippen molar-refractivity contribution in [2.24, 2.45) is 5.92 Å². The topological polar surface area (TPSA) is 66.0 Å². The highest BCUT2D eigenvalue weighted by Crippen LogP contribution is 2.41. The first-order valence-corrected chi connectivity index (χ1v) is 12.5. The number of aryl methyl sites for hydroxylation is 1. The van der Waals surface area contributed by atoms with Gasteiger partial charge in [0, 0.05) is 56.4 Å². The van der Waals surface area contributed by atoms with Crippen LogP contribution in [0.15, 0.2) is 73.1 Å². The number of benzene rings is 2. The van der Waals surface area contributed by atoms with Gasteiger partial charge in [-0.25, -0.2) is 0 Å². The first-order chi connectivity index (χ1) is 17.5. The number of amides is 2. The lowest BCUT2D eigenvalue weighted by atomic mass is 9.82. The number of carbonyl (C=O) groups excluding carboxylic acids is 2. The normalized spacial score (nSPS) is 20.4. The van der Waals surface area contributed by atoms with Crippen molar-refractivity contribution in [1.82, 2.24) is 9.88 Å². The van der Waals surface area contributed by atoms with Crippen LogP contribution in [0.4, 0.5) is 11.4 Å². The van der Waals surface area contributed by atoms with E-state index in [1.54, 1.807) is 19.5 Å². The molecule has 7 nitrogen and oxygen atoms in total. The highest BCUT2D eigenvalue weighted by Gasteiger charge is 2.43. The van der Waals surface area contributed by atoms with Crippen LogP contribution in [0.3, 0.4) is 0 Å². The summed E-state index contributed by atoms with van der Waals surface area (Å²) in [4.78, 5) is 37.5. The minimum Gasteiger partial charge on any atom is -0.497 e. The molecule has 2 unspecified atom stereocenters. The fourth-order valence-electron chi connectivity index (χ4n) is 5.32. The molecule has 5 rings (SSSR count). The lowest BCUT2D eigenvalue weighted by Gasteiger charge is -2.44. The second-order valence-electron chi connectivity index (χ2n) is 9.48. The maximum absolute atomic E-state index is 14.0. The number of anilines is 2. The summed E-state index contributed by atoms with van der Waals surface area (Å²) >= 11 is 0. The average molecular weight is 485 g/mol. The van der Waals surface area contributed by atoms with E-state index in [2.05, 4.69) is 9.88 Å². The van der Waals surface area contributed by atoms with E-state index in [0.29, 0.717) is 25.9 Å². The van der Waals surface area contributed by atoms with Crippen LogP contribution in [0, 0.1) is 12.8 Å². The van der Waals surface area contributed by atoms with Crippen molar-refractivity contribution in [3.05, 3.63) is 84.2 Å². The molecule has 0 radical (unpaired) electrons. The molecule has 1 aromatic heterocycles. The zero-order chi connectivity index (χ0) is 25.1. The monoisotopic (exact) mass is 484 g/mol. The Hall–Kier alpha value is -3.87.